The lowest BCUT2D eigenvalue weighted by Gasteiger charge is -2.13. The Morgan fingerprint density at radius 1 is 1.11 bits per heavy atom. The molecule has 27 heavy (non-hydrogen) atoms. The lowest BCUT2D eigenvalue weighted by atomic mass is 10.2. The van der Waals surface area contributed by atoms with Gasteiger partial charge < -0.3 is 13.9 Å². The quantitative estimate of drug-likeness (QED) is 0.483. The fourth-order valence-electron chi connectivity index (χ4n) is 2.76. The topological polar surface area (TPSA) is 44.5 Å². The normalized spacial score (nSPS) is 14.4. The fraction of sp³-hybridized carbons (Fsp3) is 0.250. The maximum atomic E-state index is 5.92. The third-order valence-electron chi connectivity index (χ3n) is 4.12. The minimum absolute atomic E-state index is 0.232. The van der Waals surface area contributed by atoms with E-state index in [1.165, 1.54) is 17.1 Å². The summed E-state index contributed by atoms with van der Waals surface area (Å²) >= 11 is 9.85. The average Bonchev–Trinajstić information content (AvgIpc) is 3.39. The van der Waals surface area contributed by atoms with E-state index in [0.29, 0.717) is 27.0 Å². The van der Waals surface area contributed by atoms with E-state index in [2.05, 4.69) is 17.1 Å². The number of oxazole rings is 1. The summed E-state index contributed by atoms with van der Waals surface area (Å²) in [4.78, 5) is 4.29. The van der Waals surface area contributed by atoms with Gasteiger partial charge in [-0.3, -0.25) is 0 Å². The summed E-state index contributed by atoms with van der Waals surface area (Å²) in [5, 5.41) is 0.687. The molecule has 4 nitrogen and oxygen atoms in total. The first-order valence-electron chi connectivity index (χ1n) is 8.47. The van der Waals surface area contributed by atoms with Crippen LogP contribution in [0.1, 0.15) is 16.0 Å². The first-order chi connectivity index (χ1) is 13.2. The number of hydrogen-bond donors (Lipinski definition) is 0. The molecule has 1 aliphatic heterocycles. The van der Waals surface area contributed by atoms with Gasteiger partial charge in [0.25, 0.3) is 0 Å². The molecule has 0 bridgehead atoms. The van der Waals surface area contributed by atoms with Gasteiger partial charge >= 0.3 is 0 Å². The molecular formula is C20H18ClNO3S2. The van der Waals surface area contributed by atoms with Gasteiger partial charge in [-0.15, -0.1) is 23.5 Å². The van der Waals surface area contributed by atoms with Gasteiger partial charge in [0, 0.05) is 22.1 Å². The Kier molecular flexibility index (Phi) is 5.86. The van der Waals surface area contributed by atoms with Crippen molar-refractivity contribution in [3.05, 3.63) is 65.1 Å². The molecule has 3 aromatic rings. The molecule has 140 valence electrons. The average molecular weight is 420 g/mol. The van der Waals surface area contributed by atoms with Crippen molar-refractivity contribution in [3.8, 4) is 22.8 Å². The molecule has 0 N–H and O–H groups in total. The van der Waals surface area contributed by atoms with E-state index in [9.17, 15) is 0 Å². The van der Waals surface area contributed by atoms with Crippen molar-refractivity contribution in [2.24, 2.45) is 0 Å². The molecule has 0 unspecified atom stereocenters. The number of rotatable bonds is 6. The molecule has 1 aliphatic rings. The van der Waals surface area contributed by atoms with E-state index in [1.807, 2.05) is 53.9 Å². The van der Waals surface area contributed by atoms with Crippen molar-refractivity contribution in [2.45, 2.75) is 11.2 Å². The van der Waals surface area contributed by atoms with E-state index in [0.717, 1.165) is 11.3 Å². The van der Waals surface area contributed by atoms with Gasteiger partial charge in [0.2, 0.25) is 5.89 Å². The van der Waals surface area contributed by atoms with Crippen LogP contribution < -0.4 is 9.47 Å². The molecule has 0 saturated carbocycles. The van der Waals surface area contributed by atoms with Gasteiger partial charge in [-0.2, -0.15) is 0 Å². The summed E-state index contributed by atoms with van der Waals surface area (Å²) in [7, 11) is 1.66. The van der Waals surface area contributed by atoms with E-state index < -0.39 is 0 Å². The van der Waals surface area contributed by atoms with Crippen LogP contribution >= 0.6 is 35.1 Å². The van der Waals surface area contributed by atoms with Gasteiger partial charge in [0.1, 0.15) is 0 Å². The predicted molar refractivity (Wildman–Crippen MR) is 112 cm³/mol. The number of thioether (sulfide) groups is 2. The predicted octanol–water partition coefficient (Wildman–Crippen LogP) is 6.06. The fourth-order valence-corrected chi connectivity index (χ4v) is 5.73. The highest BCUT2D eigenvalue weighted by atomic mass is 35.5. The summed E-state index contributed by atoms with van der Waals surface area (Å²) in [6.45, 7) is 0.232. The molecule has 0 aliphatic carbocycles. The second kappa shape index (κ2) is 8.50. The third kappa shape index (κ3) is 4.39. The van der Waals surface area contributed by atoms with E-state index in [1.54, 1.807) is 13.3 Å². The zero-order chi connectivity index (χ0) is 18.6. The second-order valence-electron chi connectivity index (χ2n) is 5.90. The first kappa shape index (κ1) is 18.6. The Morgan fingerprint density at radius 2 is 1.89 bits per heavy atom. The summed E-state index contributed by atoms with van der Waals surface area (Å²) < 4.78 is 17.7. The molecule has 0 amide bonds. The van der Waals surface area contributed by atoms with Gasteiger partial charge in [0.15, 0.2) is 23.9 Å². The highest BCUT2D eigenvalue weighted by Gasteiger charge is 2.20. The van der Waals surface area contributed by atoms with Crippen LogP contribution in [0.4, 0.5) is 0 Å². The number of ether oxygens (including phenoxy) is 2. The van der Waals surface area contributed by atoms with E-state index in [4.69, 9.17) is 25.5 Å². The highest BCUT2D eigenvalue weighted by Crippen LogP contribution is 2.47. The maximum Gasteiger partial charge on any atom is 0.232 e. The number of benzene rings is 2. The molecule has 0 atom stereocenters. The summed E-state index contributed by atoms with van der Waals surface area (Å²) in [5.74, 6) is 4.98. The summed E-state index contributed by atoms with van der Waals surface area (Å²) in [6.07, 6.45) is 1.69. The summed E-state index contributed by atoms with van der Waals surface area (Å²) in [5.41, 5.74) is 2.18. The largest absolute Gasteiger partial charge is 0.493 e. The molecular weight excluding hydrogens is 402 g/mol. The molecule has 0 radical (unpaired) electrons. The highest BCUT2D eigenvalue weighted by molar-refractivity contribution is 8.19. The minimum Gasteiger partial charge on any atom is -0.493 e. The molecule has 1 aromatic heterocycles. The van der Waals surface area contributed by atoms with Crippen LogP contribution in [-0.2, 0) is 6.61 Å². The second-order valence-corrected chi connectivity index (χ2v) is 9.06. The third-order valence-corrected chi connectivity index (χ3v) is 7.47. The van der Waals surface area contributed by atoms with Gasteiger partial charge in [-0.25, -0.2) is 4.98 Å². The van der Waals surface area contributed by atoms with Gasteiger partial charge in [-0.05, 0) is 42.0 Å². The van der Waals surface area contributed by atoms with Gasteiger partial charge in [-0.1, -0.05) is 17.7 Å². The standard InChI is InChI=1S/C20H18ClNO3S2/c1-23-17-10-14(20-26-8-9-27-20)4-7-16(17)24-12-19-22-11-18(25-19)13-2-5-15(21)6-3-13/h2-7,10-11,20H,8-9,12H2,1H3. The zero-order valence-electron chi connectivity index (χ0n) is 14.7. The maximum absolute atomic E-state index is 5.92. The number of aromatic nitrogens is 1. The zero-order valence-corrected chi connectivity index (χ0v) is 17.1. The van der Waals surface area contributed by atoms with Crippen LogP contribution in [0.5, 0.6) is 11.5 Å². The lowest BCUT2D eigenvalue weighted by molar-refractivity contribution is 0.251. The molecule has 1 saturated heterocycles. The van der Waals surface area contributed by atoms with Crippen LogP contribution in [0.25, 0.3) is 11.3 Å². The molecule has 7 heteroatoms. The lowest BCUT2D eigenvalue weighted by Crippen LogP contribution is -1.99. The van der Waals surface area contributed by atoms with Crippen LogP contribution in [-0.4, -0.2) is 23.6 Å². The van der Waals surface area contributed by atoms with Crippen molar-refractivity contribution in [3.63, 3.8) is 0 Å². The number of nitrogens with zero attached hydrogens (tertiary/aromatic N) is 1. The van der Waals surface area contributed by atoms with E-state index >= 15 is 0 Å². The Labute approximate surface area is 171 Å². The molecule has 1 fully saturated rings. The molecule has 4 rings (SSSR count). The number of halogens is 1. The monoisotopic (exact) mass is 419 g/mol. The van der Waals surface area contributed by atoms with Crippen LogP contribution in [0.15, 0.2) is 53.1 Å². The van der Waals surface area contributed by atoms with Crippen molar-refractivity contribution < 1.29 is 13.9 Å². The van der Waals surface area contributed by atoms with E-state index in [-0.39, 0.29) is 6.61 Å². The number of methoxy groups -OCH3 is 1. The number of hydrogen-bond acceptors (Lipinski definition) is 6. The molecule has 2 aromatic carbocycles. The Balaban J connectivity index is 1.44. The van der Waals surface area contributed by atoms with Crippen molar-refractivity contribution in [1.29, 1.82) is 0 Å². The van der Waals surface area contributed by atoms with Gasteiger partial charge in [0.05, 0.1) is 17.9 Å². The molecule has 2 heterocycles. The Morgan fingerprint density at radius 3 is 2.63 bits per heavy atom. The SMILES string of the molecule is COc1cc(C2SCCS2)ccc1OCc1ncc(-c2ccc(Cl)cc2)o1. The Bertz CT molecular complexity index is 908. The minimum atomic E-state index is 0.232. The van der Waals surface area contributed by atoms with Crippen LogP contribution in [0, 0.1) is 0 Å². The Hall–Kier alpha value is -1.76. The van der Waals surface area contributed by atoms with Crippen molar-refractivity contribution in [2.75, 3.05) is 18.6 Å². The van der Waals surface area contributed by atoms with Crippen LogP contribution in [0.2, 0.25) is 5.02 Å². The molecule has 0 spiro atoms. The van der Waals surface area contributed by atoms with Crippen molar-refractivity contribution >= 4 is 35.1 Å². The van der Waals surface area contributed by atoms with Crippen molar-refractivity contribution in [1.82, 2.24) is 4.98 Å². The summed E-state index contributed by atoms with van der Waals surface area (Å²) in [6, 6.07) is 13.5. The van der Waals surface area contributed by atoms with Crippen LogP contribution in [0.3, 0.4) is 0 Å². The smallest absolute Gasteiger partial charge is 0.232 e. The first-order valence-corrected chi connectivity index (χ1v) is 10.9.